The van der Waals surface area contributed by atoms with Gasteiger partial charge in [-0.1, -0.05) is 91.0 Å². The number of benzene rings is 4. The van der Waals surface area contributed by atoms with Gasteiger partial charge in [-0.25, -0.2) is 4.98 Å². The molecule has 36 heavy (non-hydrogen) atoms. The van der Waals surface area contributed by atoms with E-state index in [-0.39, 0.29) is 17.3 Å². The van der Waals surface area contributed by atoms with Crippen LogP contribution in [-0.4, -0.2) is 15.6 Å². The lowest BCUT2D eigenvalue weighted by Crippen LogP contribution is -2.39. The van der Waals surface area contributed by atoms with Gasteiger partial charge in [-0.2, -0.15) is 0 Å². The third kappa shape index (κ3) is 5.09. The van der Waals surface area contributed by atoms with Crippen molar-refractivity contribution in [3.05, 3.63) is 121 Å². The average Bonchev–Trinajstić information content (AvgIpc) is 3.38. The van der Waals surface area contributed by atoms with Crippen molar-refractivity contribution in [2.45, 2.75) is 32.4 Å². The first-order valence-corrected chi connectivity index (χ1v) is 12.2. The molecule has 0 fully saturated rings. The molecule has 1 unspecified atom stereocenters. The number of nitrogens with one attached hydrogen (secondary N) is 1. The fraction of sp³-hybridized carbons (Fsp3) is 0.156. The Morgan fingerprint density at radius 2 is 1.28 bits per heavy atom. The highest BCUT2D eigenvalue weighted by atomic mass is 16.3. The Morgan fingerprint density at radius 3 is 1.83 bits per heavy atom. The summed E-state index contributed by atoms with van der Waals surface area (Å²) in [5.74, 6) is 0.769. The maximum absolute atomic E-state index is 9.98. The first-order valence-electron chi connectivity index (χ1n) is 12.2. The Hall–Kier alpha value is -4.15. The van der Waals surface area contributed by atoms with Crippen molar-refractivity contribution in [3.63, 3.8) is 0 Å². The molecule has 0 aliphatic heterocycles. The molecule has 5 aromatic rings. The highest BCUT2D eigenvalue weighted by molar-refractivity contribution is 5.80. The zero-order valence-electron chi connectivity index (χ0n) is 20.8. The molecule has 1 atom stereocenters. The molecule has 0 saturated carbocycles. The second-order valence-electron chi connectivity index (χ2n) is 9.95. The lowest BCUT2D eigenvalue weighted by Gasteiger charge is -2.30. The summed E-state index contributed by atoms with van der Waals surface area (Å²) in [7, 11) is 0. The van der Waals surface area contributed by atoms with Crippen LogP contribution >= 0.6 is 0 Å². The van der Waals surface area contributed by atoms with Gasteiger partial charge in [0, 0.05) is 11.1 Å². The first-order chi connectivity index (χ1) is 17.4. The Kier molecular flexibility index (Phi) is 6.45. The summed E-state index contributed by atoms with van der Waals surface area (Å²) in [6.07, 6.45) is 1.66. The molecule has 0 spiro atoms. The maximum atomic E-state index is 9.98. The molecule has 1 aromatic heterocycles. The van der Waals surface area contributed by atoms with Crippen molar-refractivity contribution in [1.82, 2.24) is 10.3 Å². The highest BCUT2D eigenvalue weighted by Crippen LogP contribution is 2.40. The summed E-state index contributed by atoms with van der Waals surface area (Å²) in [5, 5.41) is 13.8. The van der Waals surface area contributed by atoms with E-state index in [1.165, 1.54) is 0 Å². The van der Waals surface area contributed by atoms with Crippen molar-refractivity contribution in [3.8, 4) is 39.3 Å². The van der Waals surface area contributed by atoms with Crippen LogP contribution in [0.25, 0.3) is 33.5 Å². The summed E-state index contributed by atoms with van der Waals surface area (Å²) in [6.45, 7) is 6.44. The first kappa shape index (κ1) is 23.6. The summed E-state index contributed by atoms with van der Waals surface area (Å²) >= 11 is 0. The number of nitrogens with zero attached hydrogens (tertiary/aromatic N) is 1. The van der Waals surface area contributed by atoms with Gasteiger partial charge < -0.3 is 9.52 Å². The molecule has 0 saturated heterocycles. The molecule has 4 aromatic carbocycles. The molecule has 0 amide bonds. The molecular formula is C32H30N2O2. The second kappa shape index (κ2) is 9.84. The Morgan fingerprint density at radius 1 is 0.722 bits per heavy atom. The van der Waals surface area contributed by atoms with Gasteiger partial charge in [0.1, 0.15) is 23.7 Å². The van der Waals surface area contributed by atoms with Gasteiger partial charge in [-0.3, -0.25) is 5.32 Å². The van der Waals surface area contributed by atoms with Crippen LogP contribution in [0.4, 0.5) is 0 Å². The van der Waals surface area contributed by atoms with Gasteiger partial charge in [-0.15, -0.1) is 0 Å². The molecule has 4 heteroatoms. The van der Waals surface area contributed by atoms with E-state index in [2.05, 4.69) is 92.8 Å². The molecule has 180 valence electrons. The van der Waals surface area contributed by atoms with Crippen LogP contribution < -0.4 is 5.32 Å². The quantitative estimate of drug-likeness (QED) is 0.263. The minimum absolute atomic E-state index is 0.196. The lowest BCUT2D eigenvalue weighted by molar-refractivity contribution is 0.345. The normalized spacial score (nSPS) is 12.4. The largest absolute Gasteiger partial charge is 0.508 e. The van der Waals surface area contributed by atoms with Crippen molar-refractivity contribution < 1.29 is 9.52 Å². The molecule has 0 aliphatic rings. The predicted molar refractivity (Wildman–Crippen MR) is 146 cm³/mol. The molecule has 1 heterocycles. The number of phenols is 1. The number of hydrogen-bond acceptors (Lipinski definition) is 4. The average molecular weight is 475 g/mol. The third-order valence-corrected chi connectivity index (χ3v) is 6.05. The van der Waals surface area contributed by atoms with Gasteiger partial charge in [0.15, 0.2) is 0 Å². The van der Waals surface area contributed by atoms with E-state index >= 15 is 0 Å². The van der Waals surface area contributed by atoms with Gasteiger partial charge in [-0.05, 0) is 60.7 Å². The fourth-order valence-corrected chi connectivity index (χ4v) is 4.52. The Balaban J connectivity index is 1.73. The van der Waals surface area contributed by atoms with Crippen molar-refractivity contribution in [1.29, 1.82) is 0 Å². The van der Waals surface area contributed by atoms with Crippen molar-refractivity contribution in [2.24, 2.45) is 0 Å². The summed E-state index contributed by atoms with van der Waals surface area (Å²) in [6, 6.07) is 34.0. The number of aromatic hydroxyl groups is 1. The molecule has 0 bridgehead atoms. The van der Waals surface area contributed by atoms with E-state index in [9.17, 15) is 5.11 Å². The minimum atomic E-state index is -0.317. The van der Waals surface area contributed by atoms with Crippen LogP contribution in [0.3, 0.4) is 0 Å². The monoisotopic (exact) mass is 474 g/mol. The number of phenolic OH excluding ortho intramolecular Hbond substituents is 1. The van der Waals surface area contributed by atoms with Gasteiger partial charge in [0.05, 0.1) is 0 Å². The number of aromatic nitrogens is 1. The second-order valence-corrected chi connectivity index (χ2v) is 9.95. The van der Waals surface area contributed by atoms with Crippen LogP contribution in [0.15, 0.2) is 114 Å². The van der Waals surface area contributed by atoms with E-state index in [4.69, 9.17) is 9.40 Å². The SMILES string of the molecule is CC(C)(C)NC(c1nc(-c2cccc(O)c2)co1)c1c(-c2ccccc2)cccc1-c1ccccc1. The number of hydrogen-bond donors (Lipinski definition) is 2. The molecule has 2 N–H and O–H groups in total. The number of rotatable bonds is 6. The molecule has 0 radical (unpaired) electrons. The van der Waals surface area contributed by atoms with Crippen molar-refractivity contribution in [2.75, 3.05) is 0 Å². The zero-order chi connectivity index (χ0) is 25.1. The minimum Gasteiger partial charge on any atom is -0.508 e. The summed E-state index contributed by atoms with van der Waals surface area (Å²) in [4.78, 5) is 4.91. The molecular weight excluding hydrogens is 444 g/mol. The maximum Gasteiger partial charge on any atom is 0.216 e. The van der Waals surface area contributed by atoms with E-state index in [0.717, 1.165) is 33.4 Å². The third-order valence-electron chi connectivity index (χ3n) is 6.05. The summed E-state index contributed by atoms with van der Waals surface area (Å²) in [5.41, 5.74) is 6.87. The lowest BCUT2D eigenvalue weighted by atomic mass is 9.86. The molecule has 4 nitrogen and oxygen atoms in total. The number of oxazole rings is 1. The Labute approximate surface area is 212 Å². The highest BCUT2D eigenvalue weighted by Gasteiger charge is 2.30. The zero-order valence-corrected chi connectivity index (χ0v) is 20.8. The Bertz CT molecular complexity index is 1390. The van der Waals surface area contributed by atoms with Crippen LogP contribution in [0, 0.1) is 0 Å². The smallest absolute Gasteiger partial charge is 0.216 e. The van der Waals surface area contributed by atoms with Crippen LogP contribution in [-0.2, 0) is 0 Å². The standard InChI is InChI=1S/C32H30N2O2/c1-32(2,3)34-30(31-33-28(21-36-31)24-16-10-17-25(35)20-24)29-26(22-12-6-4-7-13-22)18-11-19-27(29)23-14-8-5-9-15-23/h4-21,30,34-35H,1-3H3. The van der Waals surface area contributed by atoms with Crippen LogP contribution in [0.5, 0.6) is 5.75 Å². The van der Waals surface area contributed by atoms with E-state index in [1.54, 1.807) is 18.4 Å². The van der Waals surface area contributed by atoms with Gasteiger partial charge in [0.2, 0.25) is 5.89 Å². The van der Waals surface area contributed by atoms with Gasteiger partial charge in [0.25, 0.3) is 0 Å². The van der Waals surface area contributed by atoms with Crippen LogP contribution in [0.2, 0.25) is 0 Å². The van der Waals surface area contributed by atoms with Crippen molar-refractivity contribution >= 4 is 0 Å². The van der Waals surface area contributed by atoms with E-state index in [0.29, 0.717) is 11.6 Å². The molecule has 0 aliphatic carbocycles. The molecule has 5 rings (SSSR count). The fourth-order valence-electron chi connectivity index (χ4n) is 4.52. The van der Waals surface area contributed by atoms with E-state index in [1.807, 2.05) is 24.3 Å². The topological polar surface area (TPSA) is 58.3 Å². The van der Waals surface area contributed by atoms with E-state index < -0.39 is 0 Å². The van der Waals surface area contributed by atoms with Crippen LogP contribution in [0.1, 0.15) is 38.3 Å². The predicted octanol–water partition coefficient (Wildman–Crippen LogP) is 7.86. The van der Waals surface area contributed by atoms with Gasteiger partial charge >= 0.3 is 0 Å². The summed E-state index contributed by atoms with van der Waals surface area (Å²) < 4.78 is 6.15.